The Balaban J connectivity index is 1.52. The molecule has 0 bridgehead atoms. The van der Waals surface area contributed by atoms with E-state index < -0.39 is 0 Å². The van der Waals surface area contributed by atoms with Crippen molar-refractivity contribution in [3.63, 3.8) is 0 Å². The normalized spacial score (nSPS) is 14.9. The number of aromatic nitrogens is 3. The lowest BCUT2D eigenvalue weighted by Crippen LogP contribution is -2.39. The molecule has 1 aliphatic rings. The van der Waals surface area contributed by atoms with Crippen LogP contribution in [0.3, 0.4) is 0 Å². The highest BCUT2D eigenvalue weighted by molar-refractivity contribution is 5.79. The number of benzene rings is 1. The minimum atomic E-state index is 0.0880. The van der Waals surface area contributed by atoms with Crippen molar-refractivity contribution in [2.75, 3.05) is 38.8 Å². The molecule has 1 fully saturated rings. The summed E-state index contributed by atoms with van der Waals surface area (Å²) in [6.45, 7) is 3.96. The van der Waals surface area contributed by atoms with Gasteiger partial charge in [0.1, 0.15) is 17.9 Å². The van der Waals surface area contributed by atoms with Crippen LogP contribution in [0.4, 0.5) is 11.5 Å². The summed E-state index contributed by atoms with van der Waals surface area (Å²) in [4.78, 5) is 25.1. The second-order valence-electron chi connectivity index (χ2n) is 8.28. The minimum absolute atomic E-state index is 0.0880. The summed E-state index contributed by atoms with van der Waals surface area (Å²) in [6, 6.07) is 8.88. The Morgan fingerprint density at radius 1 is 1.23 bits per heavy atom. The molecule has 3 aromatic rings. The number of anilines is 2. The minimum Gasteiger partial charge on any atom is -0.375 e. The predicted molar refractivity (Wildman–Crippen MR) is 123 cm³/mol. The van der Waals surface area contributed by atoms with Gasteiger partial charge in [0.15, 0.2) is 0 Å². The molecule has 31 heavy (non-hydrogen) atoms. The van der Waals surface area contributed by atoms with Gasteiger partial charge in [-0.2, -0.15) is 0 Å². The fraction of sp³-hybridized carbons (Fsp3) is 0.458. The van der Waals surface area contributed by atoms with Crippen molar-refractivity contribution in [2.45, 2.75) is 32.1 Å². The number of imidazole rings is 1. The lowest BCUT2D eigenvalue weighted by atomic mass is 9.87. The van der Waals surface area contributed by atoms with Crippen LogP contribution in [-0.4, -0.2) is 59.2 Å². The molecule has 2 aromatic heterocycles. The molecule has 0 atom stereocenters. The van der Waals surface area contributed by atoms with Gasteiger partial charge in [-0.1, -0.05) is 19.1 Å². The maximum Gasteiger partial charge on any atom is 0.248 e. The van der Waals surface area contributed by atoms with E-state index in [0.717, 1.165) is 49.2 Å². The molecule has 7 nitrogen and oxygen atoms in total. The smallest absolute Gasteiger partial charge is 0.248 e. The highest BCUT2D eigenvalue weighted by Crippen LogP contribution is 2.34. The van der Waals surface area contributed by atoms with Crippen molar-refractivity contribution in [2.24, 2.45) is 7.05 Å². The number of amides is 1. The molecule has 164 valence electrons. The first-order chi connectivity index (χ1) is 15.0. The summed E-state index contributed by atoms with van der Waals surface area (Å²) in [6.07, 6.45) is 6.59. The standard InChI is InChI=1S/C24H31N5O2/c1-5-17-12-19(18-8-10-29(11-9-18)24(30)15-31-4)6-7-21(17)28(3)23-13-22-20(14-25-23)26-16-27(22)2/h6-7,12-14,16,18H,5,8-11,15H2,1-4H3. The number of hydrogen-bond donors (Lipinski definition) is 0. The van der Waals surface area contributed by atoms with E-state index in [-0.39, 0.29) is 12.5 Å². The Hall–Kier alpha value is -2.93. The van der Waals surface area contributed by atoms with E-state index in [2.05, 4.69) is 53.1 Å². The third-order valence-electron chi connectivity index (χ3n) is 6.37. The van der Waals surface area contributed by atoms with Gasteiger partial charge in [0, 0.05) is 46.0 Å². The number of carbonyl (C=O) groups excluding carboxylic acids is 1. The molecule has 0 radical (unpaired) electrons. The van der Waals surface area contributed by atoms with Crippen LogP contribution in [-0.2, 0) is 23.0 Å². The highest BCUT2D eigenvalue weighted by atomic mass is 16.5. The molecular formula is C24H31N5O2. The van der Waals surface area contributed by atoms with Gasteiger partial charge in [0.05, 0.1) is 18.0 Å². The number of fused-ring (bicyclic) bond motifs is 1. The molecule has 0 saturated carbocycles. The molecule has 7 heteroatoms. The monoisotopic (exact) mass is 421 g/mol. The van der Waals surface area contributed by atoms with Crippen molar-refractivity contribution in [1.29, 1.82) is 0 Å². The number of nitrogens with zero attached hydrogens (tertiary/aromatic N) is 5. The fourth-order valence-electron chi connectivity index (χ4n) is 4.47. The van der Waals surface area contributed by atoms with Crippen LogP contribution >= 0.6 is 0 Å². The number of likely N-dealkylation sites (tertiary alicyclic amines) is 1. The average molecular weight is 422 g/mol. The van der Waals surface area contributed by atoms with Gasteiger partial charge in [-0.3, -0.25) is 4.79 Å². The average Bonchev–Trinajstić information content (AvgIpc) is 3.18. The Kier molecular flexibility index (Phi) is 6.23. The van der Waals surface area contributed by atoms with Gasteiger partial charge in [-0.15, -0.1) is 0 Å². The summed E-state index contributed by atoms with van der Waals surface area (Å²) >= 11 is 0. The lowest BCUT2D eigenvalue weighted by molar-refractivity contribution is -0.136. The van der Waals surface area contributed by atoms with Crippen molar-refractivity contribution in [3.05, 3.63) is 47.9 Å². The van der Waals surface area contributed by atoms with E-state index in [0.29, 0.717) is 5.92 Å². The third-order valence-corrected chi connectivity index (χ3v) is 6.37. The van der Waals surface area contributed by atoms with Crippen molar-refractivity contribution in [1.82, 2.24) is 19.4 Å². The maximum atomic E-state index is 12.1. The van der Waals surface area contributed by atoms with Crippen LogP contribution in [0.1, 0.15) is 36.8 Å². The van der Waals surface area contributed by atoms with E-state index >= 15 is 0 Å². The maximum absolute atomic E-state index is 12.1. The SMILES string of the molecule is CCc1cc(C2CCN(C(=O)COC)CC2)ccc1N(C)c1cc2c(cn1)ncn2C. The number of pyridine rings is 1. The first-order valence-electron chi connectivity index (χ1n) is 10.9. The third kappa shape index (κ3) is 4.28. The van der Waals surface area contributed by atoms with Crippen LogP contribution < -0.4 is 4.90 Å². The molecule has 1 aromatic carbocycles. The van der Waals surface area contributed by atoms with Gasteiger partial charge in [0.25, 0.3) is 0 Å². The molecule has 3 heterocycles. The highest BCUT2D eigenvalue weighted by Gasteiger charge is 2.24. The van der Waals surface area contributed by atoms with Gasteiger partial charge >= 0.3 is 0 Å². The Morgan fingerprint density at radius 3 is 2.71 bits per heavy atom. The van der Waals surface area contributed by atoms with Gasteiger partial charge in [0.2, 0.25) is 5.91 Å². The quantitative estimate of drug-likeness (QED) is 0.608. The molecule has 0 spiro atoms. The van der Waals surface area contributed by atoms with Crippen molar-refractivity contribution < 1.29 is 9.53 Å². The number of carbonyl (C=O) groups is 1. The number of aryl methyl sites for hydroxylation is 2. The summed E-state index contributed by atoms with van der Waals surface area (Å²) in [7, 11) is 5.64. The van der Waals surface area contributed by atoms with Crippen LogP contribution in [0.25, 0.3) is 11.0 Å². The summed E-state index contributed by atoms with van der Waals surface area (Å²) in [5.41, 5.74) is 5.82. The first-order valence-corrected chi connectivity index (χ1v) is 10.9. The number of rotatable bonds is 6. The Morgan fingerprint density at radius 2 is 2.00 bits per heavy atom. The number of piperidine rings is 1. The molecular weight excluding hydrogens is 390 g/mol. The molecule has 1 saturated heterocycles. The zero-order valence-corrected chi connectivity index (χ0v) is 18.8. The molecule has 0 N–H and O–H groups in total. The van der Waals surface area contributed by atoms with E-state index in [1.165, 1.54) is 16.8 Å². The van der Waals surface area contributed by atoms with Gasteiger partial charge in [-0.25, -0.2) is 9.97 Å². The molecule has 4 rings (SSSR count). The molecule has 1 aliphatic heterocycles. The van der Waals surface area contributed by atoms with E-state index in [4.69, 9.17) is 4.74 Å². The van der Waals surface area contributed by atoms with Crippen molar-refractivity contribution >= 4 is 28.4 Å². The Labute approximate surface area is 183 Å². The van der Waals surface area contributed by atoms with Gasteiger partial charge < -0.3 is 19.1 Å². The Bertz CT molecular complexity index is 1070. The zero-order chi connectivity index (χ0) is 22.0. The van der Waals surface area contributed by atoms with Crippen molar-refractivity contribution in [3.8, 4) is 0 Å². The first kappa shape index (κ1) is 21.3. The molecule has 0 aliphatic carbocycles. The summed E-state index contributed by atoms with van der Waals surface area (Å²) in [5.74, 6) is 1.48. The van der Waals surface area contributed by atoms with E-state index in [1.807, 2.05) is 29.0 Å². The summed E-state index contributed by atoms with van der Waals surface area (Å²) in [5, 5.41) is 0. The van der Waals surface area contributed by atoms with E-state index in [9.17, 15) is 4.79 Å². The number of ether oxygens (including phenoxy) is 1. The second-order valence-corrected chi connectivity index (χ2v) is 8.28. The largest absolute Gasteiger partial charge is 0.375 e. The lowest BCUT2D eigenvalue weighted by Gasteiger charge is -2.32. The fourth-order valence-corrected chi connectivity index (χ4v) is 4.47. The summed E-state index contributed by atoms with van der Waals surface area (Å²) < 4.78 is 7.01. The predicted octanol–water partition coefficient (Wildman–Crippen LogP) is 3.65. The van der Waals surface area contributed by atoms with Gasteiger partial charge in [-0.05, 0) is 42.4 Å². The number of hydrogen-bond acceptors (Lipinski definition) is 5. The van der Waals surface area contributed by atoms with Crippen LogP contribution in [0.15, 0.2) is 36.8 Å². The zero-order valence-electron chi connectivity index (χ0n) is 18.8. The molecule has 1 amide bonds. The van der Waals surface area contributed by atoms with Crippen LogP contribution in [0.5, 0.6) is 0 Å². The molecule has 0 unspecified atom stereocenters. The van der Waals surface area contributed by atoms with Crippen LogP contribution in [0.2, 0.25) is 0 Å². The topological polar surface area (TPSA) is 63.5 Å². The van der Waals surface area contributed by atoms with Crippen LogP contribution in [0, 0.1) is 0 Å². The van der Waals surface area contributed by atoms with E-state index in [1.54, 1.807) is 7.11 Å². The number of methoxy groups -OCH3 is 1. The second kappa shape index (κ2) is 9.06.